The first-order valence-corrected chi connectivity index (χ1v) is 9.70. The topological polar surface area (TPSA) is 39.7 Å². The molecule has 1 fully saturated rings. The summed E-state index contributed by atoms with van der Waals surface area (Å²) in [6.45, 7) is 6.77. The van der Waals surface area contributed by atoms with Gasteiger partial charge in [-0.3, -0.25) is 4.99 Å². The SMILES string of the molecule is CN=C(NCCC1CCN(C)CC1)NCC(C)Cc1cccs1. The van der Waals surface area contributed by atoms with Gasteiger partial charge in [0.15, 0.2) is 5.96 Å². The maximum absolute atomic E-state index is 4.34. The summed E-state index contributed by atoms with van der Waals surface area (Å²) in [7, 11) is 4.08. The maximum Gasteiger partial charge on any atom is 0.190 e. The van der Waals surface area contributed by atoms with Gasteiger partial charge >= 0.3 is 0 Å². The summed E-state index contributed by atoms with van der Waals surface area (Å²) in [6.07, 6.45) is 5.06. The van der Waals surface area contributed by atoms with Gasteiger partial charge in [0.25, 0.3) is 0 Å². The minimum absolute atomic E-state index is 0.612. The van der Waals surface area contributed by atoms with E-state index in [2.05, 4.69) is 52.0 Å². The van der Waals surface area contributed by atoms with E-state index in [1.165, 1.54) is 37.2 Å². The number of piperidine rings is 1. The van der Waals surface area contributed by atoms with Gasteiger partial charge in [0.05, 0.1) is 0 Å². The molecule has 1 aromatic heterocycles. The van der Waals surface area contributed by atoms with E-state index in [4.69, 9.17) is 0 Å². The fourth-order valence-electron chi connectivity index (χ4n) is 3.08. The van der Waals surface area contributed by atoms with Crippen LogP contribution in [0.5, 0.6) is 0 Å². The number of rotatable bonds is 7. The second-order valence-corrected chi connectivity index (χ2v) is 7.84. The molecule has 0 aliphatic carbocycles. The standard InChI is InChI=1S/C18H32N4S/c1-15(13-17-5-4-12-23-17)14-21-18(19-2)20-9-6-16-7-10-22(3)11-8-16/h4-5,12,15-16H,6-11,13-14H2,1-3H3,(H2,19,20,21). The maximum atomic E-state index is 4.34. The largest absolute Gasteiger partial charge is 0.356 e. The van der Waals surface area contributed by atoms with Crippen LogP contribution in [0, 0.1) is 11.8 Å². The molecule has 1 aliphatic heterocycles. The van der Waals surface area contributed by atoms with Crippen LogP contribution >= 0.6 is 11.3 Å². The Hall–Kier alpha value is -1.07. The average Bonchev–Trinajstić information content (AvgIpc) is 3.05. The number of aliphatic imine (C=N–C) groups is 1. The van der Waals surface area contributed by atoms with Gasteiger partial charge in [0.2, 0.25) is 0 Å². The van der Waals surface area contributed by atoms with Gasteiger partial charge in [-0.2, -0.15) is 0 Å². The Morgan fingerprint density at radius 1 is 1.39 bits per heavy atom. The zero-order chi connectivity index (χ0) is 16.5. The van der Waals surface area contributed by atoms with Gasteiger partial charge in [0.1, 0.15) is 0 Å². The Morgan fingerprint density at radius 2 is 2.17 bits per heavy atom. The molecular formula is C18H32N4S. The Kier molecular flexibility index (Phi) is 7.89. The summed E-state index contributed by atoms with van der Waals surface area (Å²) >= 11 is 1.84. The van der Waals surface area contributed by atoms with Crippen LogP contribution in [0.3, 0.4) is 0 Å². The highest BCUT2D eigenvalue weighted by atomic mass is 32.1. The number of hydrogen-bond acceptors (Lipinski definition) is 3. The molecule has 1 unspecified atom stereocenters. The number of hydrogen-bond donors (Lipinski definition) is 2. The van der Waals surface area contributed by atoms with Crippen molar-refractivity contribution in [2.75, 3.05) is 40.3 Å². The highest BCUT2D eigenvalue weighted by Gasteiger charge is 2.16. The quantitative estimate of drug-likeness (QED) is 0.594. The highest BCUT2D eigenvalue weighted by molar-refractivity contribution is 7.09. The van der Waals surface area contributed by atoms with E-state index in [-0.39, 0.29) is 0 Å². The summed E-state index contributed by atoms with van der Waals surface area (Å²) in [5.41, 5.74) is 0. The first-order valence-electron chi connectivity index (χ1n) is 8.82. The smallest absolute Gasteiger partial charge is 0.190 e. The first kappa shape index (κ1) is 18.3. The van der Waals surface area contributed by atoms with Crippen molar-refractivity contribution in [2.24, 2.45) is 16.8 Å². The molecule has 1 atom stereocenters. The van der Waals surface area contributed by atoms with E-state index in [1.54, 1.807) is 0 Å². The van der Waals surface area contributed by atoms with Crippen molar-refractivity contribution in [3.63, 3.8) is 0 Å². The number of likely N-dealkylation sites (tertiary alicyclic amines) is 1. The summed E-state index contributed by atoms with van der Waals surface area (Å²) in [6, 6.07) is 4.35. The van der Waals surface area contributed by atoms with E-state index in [0.717, 1.165) is 31.4 Å². The summed E-state index contributed by atoms with van der Waals surface area (Å²) in [5.74, 6) is 2.42. The van der Waals surface area contributed by atoms with Crippen LogP contribution < -0.4 is 10.6 Å². The van der Waals surface area contributed by atoms with Gasteiger partial charge in [-0.1, -0.05) is 13.0 Å². The van der Waals surface area contributed by atoms with Crippen molar-refractivity contribution in [1.82, 2.24) is 15.5 Å². The van der Waals surface area contributed by atoms with E-state index in [0.29, 0.717) is 5.92 Å². The number of guanidine groups is 1. The Balaban J connectivity index is 1.59. The van der Waals surface area contributed by atoms with E-state index in [1.807, 2.05) is 18.4 Å². The van der Waals surface area contributed by atoms with Gasteiger partial charge in [-0.25, -0.2) is 0 Å². The number of nitrogens with one attached hydrogen (secondary N) is 2. The fraction of sp³-hybridized carbons (Fsp3) is 0.722. The van der Waals surface area contributed by atoms with Gasteiger partial charge in [0, 0.05) is 25.0 Å². The third-order valence-electron chi connectivity index (χ3n) is 4.65. The average molecular weight is 337 g/mol. The minimum atomic E-state index is 0.612. The van der Waals surface area contributed by atoms with Crippen LogP contribution in [0.1, 0.15) is 31.1 Å². The van der Waals surface area contributed by atoms with Crippen LogP contribution in [0.2, 0.25) is 0 Å². The molecule has 23 heavy (non-hydrogen) atoms. The van der Waals surface area contributed by atoms with Crippen LogP contribution in [0.25, 0.3) is 0 Å². The van der Waals surface area contributed by atoms with Crippen molar-refractivity contribution >= 4 is 17.3 Å². The van der Waals surface area contributed by atoms with E-state index >= 15 is 0 Å². The summed E-state index contributed by atoms with van der Waals surface area (Å²) in [5, 5.41) is 9.08. The predicted molar refractivity (Wildman–Crippen MR) is 101 cm³/mol. The van der Waals surface area contributed by atoms with Crippen LogP contribution in [-0.2, 0) is 6.42 Å². The number of thiophene rings is 1. The van der Waals surface area contributed by atoms with Crippen molar-refractivity contribution < 1.29 is 0 Å². The highest BCUT2D eigenvalue weighted by Crippen LogP contribution is 2.18. The second kappa shape index (κ2) is 9.93. The van der Waals surface area contributed by atoms with Crippen LogP contribution in [0.4, 0.5) is 0 Å². The van der Waals surface area contributed by atoms with Crippen LogP contribution in [0.15, 0.2) is 22.5 Å². The lowest BCUT2D eigenvalue weighted by atomic mass is 9.94. The molecule has 1 aliphatic rings. The molecule has 2 heterocycles. The van der Waals surface area contributed by atoms with Crippen molar-refractivity contribution in [2.45, 2.75) is 32.6 Å². The molecular weight excluding hydrogens is 304 g/mol. The molecule has 0 radical (unpaired) electrons. The normalized spacial score (nSPS) is 18.8. The Bertz CT molecular complexity index is 450. The van der Waals surface area contributed by atoms with E-state index in [9.17, 15) is 0 Å². The molecule has 1 saturated heterocycles. The monoisotopic (exact) mass is 336 g/mol. The zero-order valence-corrected chi connectivity index (χ0v) is 15.7. The molecule has 2 N–H and O–H groups in total. The molecule has 5 heteroatoms. The third-order valence-corrected chi connectivity index (χ3v) is 5.55. The molecule has 0 amide bonds. The van der Waals surface area contributed by atoms with Gasteiger partial charge in [-0.15, -0.1) is 11.3 Å². The molecule has 2 rings (SSSR count). The third kappa shape index (κ3) is 6.92. The van der Waals surface area contributed by atoms with Crippen molar-refractivity contribution in [1.29, 1.82) is 0 Å². The van der Waals surface area contributed by atoms with Crippen molar-refractivity contribution in [3.8, 4) is 0 Å². The van der Waals surface area contributed by atoms with Gasteiger partial charge in [-0.05, 0) is 69.1 Å². The molecule has 0 bridgehead atoms. The molecule has 4 nitrogen and oxygen atoms in total. The molecule has 0 spiro atoms. The van der Waals surface area contributed by atoms with Crippen LogP contribution in [-0.4, -0.2) is 51.1 Å². The fourth-order valence-corrected chi connectivity index (χ4v) is 3.95. The molecule has 1 aromatic rings. The Morgan fingerprint density at radius 3 is 2.83 bits per heavy atom. The minimum Gasteiger partial charge on any atom is -0.356 e. The van der Waals surface area contributed by atoms with Crippen molar-refractivity contribution in [3.05, 3.63) is 22.4 Å². The Labute approximate surface area is 145 Å². The molecule has 130 valence electrons. The lowest BCUT2D eigenvalue weighted by molar-refractivity contribution is 0.213. The molecule has 0 aromatic carbocycles. The zero-order valence-electron chi connectivity index (χ0n) is 14.8. The predicted octanol–water partition coefficient (Wildman–Crippen LogP) is 2.82. The van der Waals surface area contributed by atoms with E-state index < -0.39 is 0 Å². The number of nitrogens with zero attached hydrogens (tertiary/aromatic N) is 2. The first-order chi connectivity index (χ1) is 11.2. The second-order valence-electron chi connectivity index (χ2n) is 6.80. The summed E-state index contributed by atoms with van der Waals surface area (Å²) in [4.78, 5) is 8.23. The summed E-state index contributed by atoms with van der Waals surface area (Å²) < 4.78 is 0. The molecule has 0 saturated carbocycles. The lowest BCUT2D eigenvalue weighted by Crippen LogP contribution is -2.41. The van der Waals surface area contributed by atoms with Gasteiger partial charge < -0.3 is 15.5 Å². The lowest BCUT2D eigenvalue weighted by Gasteiger charge is -2.29.